The van der Waals surface area contributed by atoms with Gasteiger partial charge in [-0.15, -0.1) is 0 Å². The summed E-state index contributed by atoms with van der Waals surface area (Å²) >= 11 is 0. The van der Waals surface area contributed by atoms with E-state index in [2.05, 4.69) is 60.8 Å². The third kappa shape index (κ3) is 2.87. The Kier molecular flexibility index (Phi) is 3.65. The predicted octanol–water partition coefficient (Wildman–Crippen LogP) is 3.51. The molecule has 2 aromatic rings. The standard InChI is InChI=1S/C18H21N/c1-2-14-8-9-16-11-18(12-17(16)10-14)19-13-15-6-4-3-5-7-15/h3-10,18-19H,2,11-13H2,1H3. The molecular weight excluding hydrogens is 230 g/mol. The second-order valence-electron chi connectivity index (χ2n) is 5.43. The summed E-state index contributed by atoms with van der Waals surface area (Å²) in [5.41, 5.74) is 5.91. The topological polar surface area (TPSA) is 12.0 Å². The van der Waals surface area contributed by atoms with Gasteiger partial charge in [0.1, 0.15) is 0 Å². The van der Waals surface area contributed by atoms with Gasteiger partial charge in [-0.3, -0.25) is 0 Å². The fourth-order valence-electron chi connectivity index (χ4n) is 2.89. The number of rotatable bonds is 4. The van der Waals surface area contributed by atoms with Crippen molar-refractivity contribution in [3.05, 3.63) is 70.8 Å². The smallest absolute Gasteiger partial charge is 0.0208 e. The van der Waals surface area contributed by atoms with E-state index in [4.69, 9.17) is 0 Å². The van der Waals surface area contributed by atoms with Crippen LogP contribution < -0.4 is 5.32 Å². The predicted molar refractivity (Wildman–Crippen MR) is 80.3 cm³/mol. The van der Waals surface area contributed by atoms with E-state index in [-0.39, 0.29) is 0 Å². The van der Waals surface area contributed by atoms with Crippen molar-refractivity contribution in [2.75, 3.05) is 0 Å². The van der Waals surface area contributed by atoms with Gasteiger partial charge in [-0.1, -0.05) is 55.5 Å². The van der Waals surface area contributed by atoms with Crippen LogP contribution in [-0.2, 0) is 25.8 Å². The van der Waals surface area contributed by atoms with Crippen molar-refractivity contribution in [2.45, 2.75) is 38.8 Å². The van der Waals surface area contributed by atoms with Crippen molar-refractivity contribution in [3.63, 3.8) is 0 Å². The molecule has 1 unspecified atom stereocenters. The minimum absolute atomic E-state index is 0.599. The zero-order chi connectivity index (χ0) is 13.1. The van der Waals surface area contributed by atoms with Crippen LogP contribution in [0.5, 0.6) is 0 Å². The average Bonchev–Trinajstić information content (AvgIpc) is 2.88. The van der Waals surface area contributed by atoms with Gasteiger partial charge in [0, 0.05) is 12.6 Å². The van der Waals surface area contributed by atoms with E-state index in [0.29, 0.717) is 6.04 Å². The molecule has 19 heavy (non-hydrogen) atoms. The highest BCUT2D eigenvalue weighted by molar-refractivity contribution is 5.37. The Hall–Kier alpha value is -1.60. The van der Waals surface area contributed by atoms with E-state index in [1.165, 1.54) is 29.5 Å². The lowest BCUT2D eigenvalue weighted by Gasteiger charge is -2.11. The molecule has 0 amide bonds. The fraction of sp³-hybridized carbons (Fsp3) is 0.333. The molecule has 1 aliphatic carbocycles. The molecule has 0 fully saturated rings. The monoisotopic (exact) mass is 251 g/mol. The van der Waals surface area contributed by atoms with E-state index in [1.807, 2.05) is 0 Å². The van der Waals surface area contributed by atoms with Crippen LogP contribution in [0.2, 0.25) is 0 Å². The lowest BCUT2D eigenvalue weighted by atomic mass is 10.1. The SMILES string of the molecule is CCc1ccc2c(c1)CC(NCc1ccccc1)C2. The van der Waals surface area contributed by atoms with Crippen molar-refractivity contribution in [2.24, 2.45) is 0 Å². The van der Waals surface area contributed by atoms with Crippen molar-refractivity contribution >= 4 is 0 Å². The van der Waals surface area contributed by atoms with Gasteiger partial charge in [0.2, 0.25) is 0 Å². The Balaban J connectivity index is 1.61. The average molecular weight is 251 g/mol. The highest BCUT2D eigenvalue weighted by Crippen LogP contribution is 2.24. The van der Waals surface area contributed by atoms with Crippen LogP contribution in [0.3, 0.4) is 0 Å². The minimum atomic E-state index is 0.599. The Morgan fingerprint density at radius 1 is 0.947 bits per heavy atom. The molecule has 1 N–H and O–H groups in total. The third-order valence-electron chi connectivity index (χ3n) is 4.05. The number of hydrogen-bond acceptors (Lipinski definition) is 1. The number of benzene rings is 2. The summed E-state index contributed by atoms with van der Waals surface area (Å²) in [6.45, 7) is 3.20. The molecule has 0 saturated heterocycles. The van der Waals surface area contributed by atoms with E-state index in [1.54, 1.807) is 5.56 Å². The normalized spacial score (nSPS) is 17.4. The number of hydrogen-bond donors (Lipinski definition) is 1. The molecule has 1 aliphatic rings. The van der Waals surface area contributed by atoms with Gasteiger partial charge in [0.15, 0.2) is 0 Å². The largest absolute Gasteiger partial charge is 0.309 e. The first-order valence-electron chi connectivity index (χ1n) is 7.23. The summed E-state index contributed by atoms with van der Waals surface area (Å²) in [4.78, 5) is 0. The molecule has 1 nitrogen and oxygen atoms in total. The van der Waals surface area contributed by atoms with E-state index in [0.717, 1.165) is 13.0 Å². The van der Waals surface area contributed by atoms with Crippen LogP contribution >= 0.6 is 0 Å². The summed E-state index contributed by atoms with van der Waals surface area (Å²) in [5.74, 6) is 0. The zero-order valence-corrected chi connectivity index (χ0v) is 11.5. The third-order valence-corrected chi connectivity index (χ3v) is 4.05. The molecule has 1 atom stereocenters. The van der Waals surface area contributed by atoms with Crippen molar-refractivity contribution in [1.82, 2.24) is 5.32 Å². The summed E-state index contributed by atoms with van der Waals surface area (Å²) in [6, 6.07) is 18.2. The van der Waals surface area contributed by atoms with Gasteiger partial charge in [-0.25, -0.2) is 0 Å². The lowest BCUT2D eigenvalue weighted by Crippen LogP contribution is -2.28. The van der Waals surface area contributed by atoms with Crippen LogP contribution in [0.4, 0.5) is 0 Å². The Morgan fingerprint density at radius 3 is 2.53 bits per heavy atom. The van der Waals surface area contributed by atoms with Crippen molar-refractivity contribution in [1.29, 1.82) is 0 Å². The molecule has 0 radical (unpaired) electrons. The van der Waals surface area contributed by atoms with Gasteiger partial charge in [-0.05, 0) is 41.5 Å². The first-order chi connectivity index (χ1) is 9.35. The van der Waals surface area contributed by atoms with Gasteiger partial charge < -0.3 is 5.32 Å². The van der Waals surface area contributed by atoms with Crippen molar-refractivity contribution < 1.29 is 0 Å². The van der Waals surface area contributed by atoms with Gasteiger partial charge in [-0.2, -0.15) is 0 Å². The second-order valence-corrected chi connectivity index (χ2v) is 5.43. The molecule has 0 aliphatic heterocycles. The zero-order valence-electron chi connectivity index (χ0n) is 11.5. The number of fused-ring (bicyclic) bond motifs is 1. The molecule has 0 saturated carbocycles. The quantitative estimate of drug-likeness (QED) is 0.877. The highest BCUT2D eigenvalue weighted by Gasteiger charge is 2.20. The van der Waals surface area contributed by atoms with Crippen LogP contribution in [0.15, 0.2) is 48.5 Å². The maximum atomic E-state index is 3.68. The Labute approximate surface area is 115 Å². The Bertz CT molecular complexity index is 545. The van der Waals surface area contributed by atoms with Gasteiger partial charge in [0.25, 0.3) is 0 Å². The first kappa shape index (κ1) is 12.4. The molecule has 0 bridgehead atoms. The van der Waals surface area contributed by atoms with Gasteiger partial charge in [0.05, 0.1) is 0 Å². The molecular formula is C18H21N. The van der Waals surface area contributed by atoms with Crippen molar-refractivity contribution in [3.8, 4) is 0 Å². The number of nitrogens with one attached hydrogen (secondary N) is 1. The van der Waals surface area contributed by atoms with E-state index < -0.39 is 0 Å². The molecule has 0 aromatic heterocycles. The molecule has 0 spiro atoms. The fourth-order valence-corrected chi connectivity index (χ4v) is 2.89. The van der Waals surface area contributed by atoms with E-state index >= 15 is 0 Å². The van der Waals surface area contributed by atoms with Crippen LogP contribution in [0.1, 0.15) is 29.2 Å². The van der Waals surface area contributed by atoms with Crippen LogP contribution in [0.25, 0.3) is 0 Å². The summed E-state index contributed by atoms with van der Waals surface area (Å²) < 4.78 is 0. The minimum Gasteiger partial charge on any atom is -0.309 e. The van der Waals surface area contributed by atoms with Crippen LogP contribution in [-0.4, -0.2) is 6.04 Å². The first-order valence-corrected chi connectivity index (χ1v) is 7.23. The highest BCUT2D eigenvalue weighted by atomic mass is 14.9. The molecule has 0 heterocycles. The summed E-state index contributed by atoms with van der Waals surface area (Å²) in [6.07, 6.45) is 3.48. The Morgan fingerprint density at radius 2 is 1.74 bits per heavy atom. The molecule has 1 heteroatoms. The van der Waals surface area contributed by atoms with Crippen LogP contribution in [0, 0.1) is 0 Å². The second kappa shape index (κ2) is 5.58. The summed E-state index contributed by atoms with van der Waals surface area (Å²) in [5, 5.41) is 3.68. The molecule has 2 aromatic carbocycles. The molecule has 3 rings (SSSR count). The summed E-state index contributed by atoms with van der Waals surface area (Å²) in [7, 11) is 0. The molecule has 98 valence electrons. The number of aryl methyl sites for hydroxylation is 1. The van der Waals surface area contributed by atoms with Gasteiger partial charge >= 0.3 is 0 Å². The lowest BCUT2D eigenvalue weighted by molar-refractivity contribution is 0.533. The maximum Gasteiger partial charge on any atom is 0.0208 e. The maximum absolute atomic E-state index is 3.68. The van der Waals surface area contributed by atoms with E-state index in [9.17, 15) is 0 Å².